The SMILES string of the molecule is O=C(CN1C(=O)c2ccccc2C1=O)NC[C@H](c1cccs1)N1CCOCC1. The van der Waals surface area contributed by atoms with Crippen LogP contribution in [0.5, 0.6) is 0 Å². The van der Waals surface area contributed by atoms with Crippen LogP contribution in [0.3, 0.4) is 0 Å². The fourth-order valence-corrected chi connectivity index (χ4v) is 4.43. The van der Waals surface area contributed by atoms with Gasteiger partial charge in [-0.3, -0.25) is 24.2 Å². The number of nitrogens with one attached hydrogen (secondary N) is 1. The normalized spacial score (nSPS) is 18.2. The molecule has 1 fully saturated rings. The number of hydrogen-bond donors (Lipinski definition) is 1. The van der Waals surface area contributed by atoms with Crippen LogP contribution >= 0.6 is 11.3 Å². The number of carbonyl (C=O) groups is 3. The molecule has 1 aromatic carbocycles. The number of rotatable bonds is 6. The summed E-state index contributed by atoms with van der Waals surface area (Å²) in [4.78, 5) is 41.8. The third-order valence-corrected chi connectivity index (χ3v) is 6.00. The van der Waals surface area contributed by atoms with E-state index < -0.39 is 11.8 Å². The summed E-state index contributed by atoms with van der Waals surface area (Å²) < 4.78 is 5.43. The zero-order chi connectivity index (χ0) is 19.5. The van der Waals surface area contributed by atoms with E-state index in [1.54, 1.807) is 35.6 Å². The van der Waals surface area contributed by atoms with Crippen molar-refractivity contribution in [1.29, 1.82) is 0 Å². The van der Waals surface area contributed by atoms with E-state index in [0.717, 1.165) is 18.0 Å². The van der Waals surface area contributed by atoms with Gasteiger partial charge in [-0.15, -0.1) is 11.3 Å². The molecule has 0 aliphatic carbocycles. The lowest BCUT2D eigenvalue weighted by Crippen LogP contribution is -2.46. The van der Waals surface area contributed by atoms with Crippen molar-refractivity contribution in [2.24, 2.45) is 0 Å². The molecule has 0 bridgehead atoms. The summed E-state index contributed by atoms with van der Waals surface area (Å²) in [5.74, 6) is -1.18. The number of imide groups is 1. The highest BCUT2D eigenvalue weighted by molar-refractivity contribution is 7.10. The second-order valence-electron chi connectivity index (χ2n) is 6.73. The maximum Gasteiger partial charge on any atom is 0.262 e. The van der Waals surface area contributed by atoms with Crippen molar-refractivity contribution >= 4 is 29.1 Å². The van der Waals surface area contributed by atoms with Crippen molar-refractivity contribution in [2.75, 3.05) is 39.4 Å². The molecule has 0 radical (unpaired) electrons. The Morgan fingerprint density at radius 3 is 2.36 bits per heavy atom. The molecule has 4 rings (SSSR count). The van der Waals surface area contributed by atoms with Crippen LogP contribution in [0.1, 0.15) is 31.6 Å². The van der Waals surface area contributed by atoms with Crippen LogP contribution in [0.25, 0.3) is 0 Å². The Morgan fingerprint density at radius 1 is 1.07 bits per heavy atom. The van der Waals surface area contributed by atoms with Gasteiger partial charge in [0.1, 0.15) is 6.54 Å². The quantitative estimate of drug-likeness (QED) is 0.746. The largest absolute Gasteiger partial charge is 0.379 e. The second-order valence-corrected chi connectivity index (χ2v) is 7.70. The molecule has 1 saturated heterocycles. The highest BCUT2D eigenvalue weighted by atomic mass is 32.1. The highest BCUT2D eigenvalue weighted by Crippen LogP contribution is 2.26. The van der Waals surface area contributed by atoms with Gasteiger partial charge in [0, 0.05) is 24.5 Å². The molecule has 2 aromatic rings. The van der Waals surface area contributed by atoms with Gasteiger partial charge in [-0.2, -0.15) is 0 Å². The maximum atomic E-state index is 12.5. The zero-order valence-electron chi connectivity index (χ0n) is 15.3. The van der Waals surface area contributed by atoms with Crippen molar-refractivity contribution in [2.45, 2.75) is 6.04 Å². The second kappa shape index (κ2) is 8.22. The van der Waals surface area contributed by atoms with Gasteiger partial charge in [-0.1, -0.05) is 18.2 Å². The van der Waals surface area contributed by atoms with E-state index in [0.29, 0.717) is 30.9 Å². The van der Waals surface area contributed by atoms with E-state index in [9.17, 15) is 14.4 Å². The van der Waals surface area contributed by atoms with E-state index in [1.165, 1.54) is 4.88 Å². The molecule has 146 valence electrons. The van der Waals surface area contributed by atoms with Gasteiger partial charge >= 0.3 is 0 Å². The van der Waals surface area contributed by atoms with E-state index in [1.807, 2.05) is 11.4 Å². The molecule has 3 heterocycles. The number of fused-ring (bicyclic) bond motifs is 1. The molecule has 28 heavy (non-hydrogen) atoms. The van der Waals surface area contributed by atoms with Crippen molar-refractivity contribution in [3.8, 4) is 0 Å². The number of nitrogens with zero attached hydrogens (tertiary/aromatic N) is 2. The molecule has 2 aliphatic rings. The minimum Gasteiger partial charge on any atom is -0.379 e. The predicted molar refractivity (Wildman–Crippen MR) is 104 cm³/mol. The molecule has 1 atom stereocenters. The summed E-state index contributed by atoms with van der Waals surface area (Å²) in [5.41, 5.74) is 0.704. The molecule has 1 aromatic heterocycles. The van der Waals surface area contributed by atoms with Crippen molar-refractivity contribution < 1.29 is 19.1 Å². The Hall–Kier alpha value is -2.55. The minimum absolute atomic E-state index is 0.0510. The van der Waals surface area contributed by atoms with Crippen molar-refractivity contribution in [3.63, 3.8) is 0 Å². The Kier molecular flexibility index (Phi) is 5.52. The van der Waals surface area contributed by atoms with E-state index >= 15 is 0 Å². The standard InChI is InChI=1S/C20H21N3O4S/c24-18(13-23-19(25)14-4-1-2-5-15(14)20(23)26)21-12-16(17-6-3-11-28-17)22-7-9-27-10-8-22/h1-6,11,16H,7-10,12-13H2,(H,21,24)/t16-/m1/s1. The zero-order valence-corrected chi connectivity index (χ0v) is 16.1. The lowest BCUT2D eigenvalue weighted by molar-refractivity contribution is -0.121. The molecule has 8 heteroatoms. The fraction of sp³-hybridized carbons (Fsp3) is 0.350. The third-order valence-electron chi connectivity index (χ3n) is 5.03. The summed E-state index contributed by atoms with van der Waals surface area (Å²) in [5, 5.41) is 4.92. The Balaban J connectivity index is 1.39. The van der Waals surface area contributed by atoms with E-state index in [4.69, 9.17) is 4.74 Å². The third kappa shape index (κ3) is 3.71. The molecule has 3 amide bonds. The first-order valence-corrected chi connectivity index (χ1v) is 10.1. The van der Waals surface area contributed by atoms with Gasteiger partial charge in [0.15, 0.2) is 0 Å². The van der Waals surface area contributed by atoms with Crippen LogP contribution in [0.15, 0.2) is 41.8 Å². The number of morpholine rings is 1. The van der Waals surface area contributed by atoms with Crippen molar-refractivity contribution in [3.05, 3.63) is 57.8 Å². The van der Waals surface area contributed by atoms with Gasteiger partial charge in [0.05, 0.1) is 30.4 Å². The molecular formula is C20H21N3O4S. The number of benzene rings is 1. The number of thiophene rings is 1. The van der Waals surface area contributed by atoms with E-state index in [2.05, 4.69) is 16.3 Å². The van der Waals surface area contributed by atoms with Crippen molar-refractivity contribution in [1.82, 2.24) is 15.1 Å². The van der Waals surface area contributed by atoms with Crippen LogP contribution in [0.4, 0.5) is 0 Å². The summed E-state index contributed by atoms with van der Waals surface area (Å²) in [6, 6.07) is 10.7. The molecule has 0 saturated carbocycles. The topological polar surface area (TPSA) is 79.0 Å². The fourth-order valence-electron chi connectivity index (χ4n) is 3.57. The Morgan fingerprint density at radius 2 is 1.75 bits per heavy atom. The monoisotopic (exact) mass is 399 g/mol. The lowest BCUT2D eigenvalue weighted by atomic mass is 10.1. The van der Waals surface area contributed by atoms with Crippen LogP contribution in [0.2, 0.25) is 0 Å². The number of ether oxygens (including phenoxy) is 1. The predicted octanol–water partition coefficient (Wildman–Crippen LogP) is 1.53. The molecule has 2 aliphatic heterocycles. The maximum absolute atomic E-state index is 12.5. The summed E-state index contributed by atoms with van der Waals surface area (Å²) in [6.07, 6.45) is 0. The first-order valence-electron chi connectivity index (χ1n) is 9.22. The number of hydrogen-bond acceptors (Lipinski definition) is 6. The minimum atomic E-state index is -0.418. The average Bonchev–Trinajstić information content (AvgIpc) is 3.33. The van der Waals surface area contributed by atoms with Gasteiger partial charge in [0.2, 0.25) is 5.91 Å². The van der Waals surface area contributed by atoms with Crippen LogP contribution in [0, 0.1) is 0 Å². The van der Waals surface area contributed by atoms with Gasteiger partial charge in [-0.05, 0) is 23.6 Å². The van der Waals surface area contributed by atoms with Crippen LogP contribution in [-0.2, 0) is 9.53 Å². The Labute approximate surface area is 166 Å². The first kappa shape index (κ1) is 18.8. The number of carbonyl (C=O) groups excluding carboxylic acids is 3. The summed E-state index contributed by atoms with van der Waals surface area (Å²) in [7, 11) is 0. The van der Waals surface area contributed by atoms with Gasteiger partial charge < -0.3 is 10.1 Å². The lowest BCUT2D eigenvalue weighted by Gasteiger charge is -2.34. The van der Waals surface area contributed by atoms with E-state index in [-0.39, 0.29) is 18.5 Å². The van der Waals surface area contributed by atoms with Crippen LogP contribution < -0.4 is 5.32 Å². The first-order chi connectivity index (χ1) is 13.6. The Bertz CT molecular complexity index is 842. The molecule has 7 nitrogen and oxygen atoms in total. The highest BCUT2D eigenvalue weighted by Gasteiger charge is 2.36. The molecule has 0 unspecified atom stereocenters. The van der Waals surface area contributed by atoms with Crippen LogP contribution in [-0.4, -0.2) is 66.9 Å². The smallest absolute Gasteiger partial charge is 0.262 e. The van der Waals surface area contributed by atoms with Gasteiger partial charge in [0.25, 0.3) is 11.8 Å². The number of amides is 3. The molecular weight excluding hydrogens is 378 g/mol. The summed E-state index contributed by atoms with van der Waals surface area (Å²) in [6.45, 7) is 3.10. The van der Waals surface area contributed by atoms with Gasteiger partial charge in [-0.25, -0.2) is 0 Å². The molecule has 1 N–H and O–H groups in total. The average molecular weight is 399 g/mol. The molecule has 0 spiro atoms. The summed E-state index contributed by atoms with van der Waals surface area (Å²) >= 11 is 1.65.